The standard InChI is InChI=1S/C12H13FN2O5/c1-2-4-12(13)9(18)7(6-16)20-10(12)15-5-3-8(17)14-11(15)19/h3-5,7,9-10,16,18H,1,6H2,(H,14,17,19)/t7-,9-,10-,12-/m1/s1. The number of hydrogen-bond donors (Lipinski definition) is 3. The van der Waals surface area contributed by atoms with Crippen molar-refractivity contribution in [3.05, 3.63) is 51.5 Å². The first-order chi connectivity index (χ1) is 9.43. The molecule has 1 fully saturated rings. The number of aliphatic hydroxyl groups excluding tert-OH is 2. The van der Waals surface area contributed by atoms with E-state index >= 15 is 0 Å². The minimum absolute atomic E-state index is 0.633. The first-order valence-corrected chi connectivity index (χ1v) is 5.75. The van der Waals surface area contributed by atoms with Gasteiger partial charge in [0, 0.05) is 18.3 Å². The Balaban J connectivity index is 2.56. The zero-order chi connectivity index (χ0) is 14.9. The number of H-pyrrole nitrogens is 1. The number of alkyl halides is 1. The minimum Gasteiger partial charge on any atom is -0.394 e. The van der Waals surface area contributed by atoms with Crippen molar-refractivity contribution in [3.63, 3.8) is 0 Å². The average molecular weight is 284 g/mol. The summed E-state index contributed by atoms with van der Waals surface area (Å²) in [5, 5.41) is 18.9. The Morgan fingerprint density at radius 1 is 1.65 bits per heavy atom. The van der Waals surface area contributed by atoms with Crippen LogP contribution >= 0.6 is 0 Å². The third-order valence-electron chi connectivity index (χ3n) is 3.09. The van der Waals surface area contributed by atoms with Crippen molar-refractivity contribution in [1.29, 1.82) is 0 Å². The fraction of sp³-hybridized carbons (Fsp3) is 0.417. The Labute approximate surface area is 112 Å². The van der Waals surface area contributed by atoms with E-state index in [0.29, 0.717) is 0 Å². The molecular formula is C12H13FN2O5. The molecule has 2 heterocycles. The van der Waals surface area contributed by atoms with Crippen molar-refractivity contribution < 1.29 is 19.3 Å². The topological polar surface area (TPSA) is 105 Å². The molecule has 2 rings (SSSR count). The molecule has 0 spiro atoms. The van der Waals surface area contributed by atoms with Crippen molar-refractivity contribution in [1.82, 2.24) is 9.55 Å². The van der Waals surface area contributed by atoms with Gasteiger partial charge in [0.25, 0.3) is 5.56 Å². The summed E-state index contributed by atoms with van der Waals surface area (Å²) in [7, 11) is 0. The van der Waals surface area contributed by atoms with E-state index in [-0.39, 0.29) is 0 Å². The second kappa shape index (κ2) is 5.18. The van der Waals surface area contributed by atoms with Gasteiger partial charge in [-0.1, -0.05) is 6.58 Å². The van der Waals surface area contributed by atoms with Crippen LogP contribution in [0.4, 0.5) is 4.39 Å². The van der Waals surface area contributed by atoms with Crippen molar-refractivity contribution in [2.45, 2.75) is 24.1 Å². The Bertz CT molecular complexity index is 662. The molecule has 1 aromatic heterocycles. The van der Waals surface area contributed by atoms with Gasteiger partial charge in [0.2, 0.25) is 5.67 Å². The molecule has 1 aliphatic heterocycles. The number of nitrogens with zero attached hydrogens (tertiary/aromatic N) is 1. The number of aromatic nitrogens is 2. The number of aromatic amines is 1. The molecule has 4 atom stereocenters. The van der Waals surface area contributed by atoms with E-state index in [4.69, 9.17) is 9.84 Å². The summed E-state index contributed by atoms with van der Waals surface area (Å²) in [4.78, 5) is 24.6. The highest BCUT2D eigenvalue weighted by Crippen LogP contribution is 2.41. The van der Waals surface area contributed by atoms with Crippen LogP contribution in [0.1, 0.15) is 6.23 Å². The Morgan fingerprint density at radius 3 is 2.90 bits per heavy atom. The molecule has 0 amide bonds. The van der Waals surface area contributed by atoms with Gasteiger partial charge in [0.1, 0.15) is 12.2 Å². The van der Waals surface area contributed by atoms with Crippen LogP contribution in [0.2, 0.25) is 0 Å². The van der Waals surface area contributed by atoms with Gasteiger partial charge < -0.3 is 14.9 Å². The lowest BCUT2D eigenvalue weighted by molar-refractivity contribution is -0.0555. The van der Waals surface area contributed by atoms with Crippen LogP contribution in [0.15, 0.2) is 40.2 Å². The first-order valence-electron chi connectivity index (χ1n) is 5.75. The fourth-order valence-corrected chi connectivity index (χ4v) is 2.12. The molecule has 1 saturated heterocycles. The van der Waals surface area contributed by atoms with Gasteiger partial charge in [-0.15, -0.1) is 5.73 Å². The highest BCUT2D eigenvalue weighted by atomic mass is 19.1. The maximum absolute atomic E-state index is 14.9. The van der Waals surface area contributed by atoms with E-state index in [2.05, 4.69) is 12.3 Å². The third kappa shape index (κ3) is 2.14. The number of nitrogens with one attached hydrogen (secondary N) is 1. The van der Waals surface area contributed by atoms with E-state index in [1.165, 1.54) is 0 Å². The second-order valence-electron chi connectivity index (χ2n) is 4.35. The van der Waals surface area contributed by atoms with Crippen LogP contribution in [-0.2, 0) is 4.74 Å². The molecule has 0 radical (unpaired) electrons. The highest BCUT2D eigenvalue weighted by Gasteiger charge is 2.57. The molecule has 20 heavy (non-hydrogen) atoms. The molecule has 0 saturated carbocycles. The van der Waals surface area contributed by atoms with E-state index in [1.54, 1.807) is 0 Å². The third-order valence-corrected chi connectivity index (χ3v) is 3.09. The minimum atomic E-state index is -2.50. The molecule has 0 bridgehead atoms. The number of rotatable bonds is 3. The summed E-state index contributed by atoms with van der Waals surface area (Å²) in [5.74, 6) is 0. The molecule has 3 N–H and O–H groups in total. The maximum atomic E-state index is 14.9. The SMILES string of the molecule is C=C=C[C@@]1(F)[C@H](O)[C@@H](CO)O[C@H]1n1ccc(=O)[nH]c1=O. The van der Waals surface area contributed by atoms with E-state index in [9.17, 15) is 19.1 Å². The van der Waals surface area contributed by atoms with Crippen LogP contribution in [0.25, 0.3) is 0 Å². The van der Waals surface area contributed by atoms with Gasteiger partial charge in [-0.25, -0.2) is 9.18 Å². The van der Waals surface area contributed by atoms with Crippen LogP contribution in [0.5, 0.6) is 0 Å². The van der Waals surface area contributed by atoms with Crippen LogP contribution in [0.3, 0.4) is 0 Å². The lowest BCUT2D eigenvalue weighted by Gasteiger charge is -2.25. The molecule has 1 aliphatic rings. The molecule has 1 aromatic rings. The first kappa shape index (κ1) is 14.4. The average Bonchev–Trinajstić information content (AvgIpc) is 2.63. The summed E-state index contributed by atoms with van der Waals surface area (Å²) < 4.78 is 20.8. The lowest BCUT2D eigenvalue weighted by atomic mass is 9.96. The monoisotopic (exact) mass is 284 g/mol. The number of hydrogen-bond acceptors (Lipinski definition) is 5. The summed E-state index contributed by atoms with van der Waals surface area (Å²) in [6.07, 6.45) is -2.59. The van der Waals surface area contributed by atoms with Crippen LogP contribution in [0, 0.1) is 0 Å². The Hall–Kier alpha value is -1.99. The molecule has 108 valence electrons. The molecular weight excluding hydrogens is 271 g/mol. The van der Waals surface area contributed by atoms with Crippen LogP contribution in [-0.4, -0.2) is 44.2 Å². The highest BCUT2D eigenvalue weighted by molar-refractivity contribution is 5.14. The molecule has 0 aromatic carbocycles. The molecule has 7 nitrogen and oxygen atoms in total. The summed E-state index contributed by atoms with van der Waals surface area (Å²) in [5.41, 5.74) is -1.85. The van der Waals surface area contributed by atoms with E-state index < -0.39 is 42.0 Å². The number of aliphatic hydroxyl groups is 2. The zero-order valence-corrected chi connectivity index (χ0v) is 10.3. The summed E-state index contributed by atoms with van der Waals surface area (Å²) in [6.45, 7) is 2.59. The molecule has 0 aliphatic carbocycles. The van der Waals surface area contributed by atoms with Gasteiger partial charge >= 0.3 is 5.69 Å². The maximum Gasteiger partial charge on any atom is 0.330 e. The van der Waals surface area contributed by atoms with Crippen LogP contribution < -0.4 is 11.2 Å². The van der Waals surface area contributed by atoms with Gasteiger partial charge in [0.05, 0.1) is 6.61 Å². The van der Waals surface area contributed by atoms with Gasteiger partial charge in [-0.3, -0.25) is 14.3 Å². The fourth-order valence-electron chi connectivity index (χ4n) is 2.12. The van der Waals surface area contributed by atoms with Crippen molar-refractivity contribution >= 4 is 0 Å². The smallest absolute Gasteiger partial charge is 0.330 e. The quantitative estimate of drug-likeness (QED) is 0.607. The summed E-state index contributed by atoms with van der Waals surface area (Å²) in [6, 6.07) is 1.02. The van der Waals surface area contributed by atoms with E-state index in [1.807, 2.05) is 4.98 Å². The predicted molar refractivity (Wildman–Crippen MR) is 65.9 cm³/mol. The van der Waals surface area contributed by atoms with Gasteiger partial charge in [-0.05, 0) is 0 Å². The molecule has 8 heteroatoms. The zero-order valence-electron chi connectivity index (χ0n) is 10.3. The predicted octanol–water partition coefficient (Wildman–Crippen LogP) is -1.16. The Kier molecular flexibility index (Phi) is 3.74. The number of halogens is 1. The summed E-state index contributed by atoms with van der Waals surface area (Å²) >= 11 is 0. The second-order valence-corrected chi connectivity index (χ2v) is 4.35. The molecule has 0 unspecified atom stereocenters. The largest absolute Gasteiger partial charge is 0.394 e. The van der Waals surface area contributed by atoms with Crippen molar-refractivity contribution in [3.8, 4) is 0 Å². The Morgan fingerprint density at radius 2 is 2.35 bits per heavy atom. The van der Waals surface area contributed by atoms with Gasteiger partial charge in [-0.2, -0.15) is 0 Å². The van der Waals surface area contributed by atoms with E-state index in [0.717, 1.165) is 22.9 Å². The van der Waals surface area contributed by atoms with Crippen molar-refractivity contribution in [2.24, 2.45) is 0 Å². The van der Waals surface area contributed by atoms with Gasteiger partial charge in [0.15, 0.2) is 6.23 Å². The number of ether oxygens (including phenoxy) is 1. The normalized spacial score (nSPS) is 32.9. The van der Waals surface area contributed by atoms with Crippen molar-refractivity contribution in [2.75, 3.05) is 6.61 Å². The lowest BCUT2D eigenvalue weighted by Crippen LogP contribution is -2.44.